The van der Waals surface area contributed by atoms with E-state index in [1.54, 1.807) is 17.7 Å². The maximum atomic E-state index is 10.00. The van der Waals surface area contributed by atoms with Gasteiger partial charge in [0, 0.05) is 27.9 Å². The highest BCUT2D eigenvalue weighted by atomic mass is 79.9. The largest absolute Gasteiger partial charge is 0.470 e. The van der Waals surface area contributed by atoms with E-state index in [-0.39, 0.29) is 5.95 Å². The zero-order chi connectivity index (χ0) is 27.1. The van der Waals surface area contributed by atoms with Crippen molar-refractivity contribution in [2.24, 2.45) is 0 Å². The first-order valence-corrected chi connectivity index (χ1v) is 14.3. The van der Waals surface area contributed by atoms with Crippen LogP contribution in [0, 0.1) is 0 Å². The van der Waals surface area contributed by atoms with Crippen LogP contribution in [0.1, 0.15) is 43.4 Å². The molecule has 1 fully saturated rings. The Labute approximate surface area is 232 Å². The van der Waals surface area contributed by atoms with Gasteiger partial charge in [0.2, 0.25) is 11.8 Å². The van der Waals surface area contributed by atoms with Gasteiger partial charge in [0.25, 0.3) is 0 Å². The number of rotatable bonds is 14. The average Bonchev–Trinajstić information content (AvgIpc) is 3.51. The van der Waals surface area contributed by atoms with Gasteiger partial charge < -0.3 is 44.9 Å². The third-order valence-corrected chi connectivity index (χ3v) is 8.02. The summed E-state index contributed by atoms with van der Waals surface area (Å²) < 4.78 is 19.7. The molecule has 1 aliphatic rings. The van der Waals surface area contributed by atoms with Gasteiger partial charge >= 0.3 is 0 Å². The number of fused-ring (bicyclic) bond motifs is 1. The summed E-state index contributed by atoms with van der Waals surface area (Å²) in [5.74, 6) is 0.522. The summed E-state index contributed by atoms with van der Waals surface area (Å²) >= 11 is 5.03. The molecule has 1 aliphatic heterocycles. The molecule has 1 saturated heterocycles. The fourth-order valence-corrected chi connectivity index (χ4v) is 5.63. The van der Waals surface area contributed by atoms with Gasteiger partial charge in [-0.25, -0.2) is 4.98 Å². The van der Waals surface area contributed by atoms with Crippen LogP contribution in [-0.4, -0.2) is 83.9 Å². The number of anilines is 1. The number of hydrogen-bond acceptors (Lipinski definition) is 12. The number of unbranched alkanes of at least 4 members (excludes halogenated alkanes) is 5. The monoisotopic (exact) mass is 615 g/mol. The van der Waals surface area contributed by atoms with Crippen molar-refractivity contribution in [3.8, 4) is 5.88 Å². The van der Waals surface area contributed by atoms with E-state index in [0.717, 1.165) is 54.4 Å². The third kappa shape index (κ3) is 7.39. The van der Waals surface area contributed by atoms with Gasteiger partial charge in [0.05, 0.1) is 12.9 Å². The summed E-state index contributed by atoms with van der Waals surface area (Å²) in [4.78, 5) is 14.1. The van der Waals surface area contributed by atoms with Crippen LogP contribution in [0.2, 0.25) is 0 Å². The first-order valence-electron chi connectivity index (χ1n) is 12.6. The Morgan fingerprint density at radius 1 is 1.05 bits per heavy atom. The van der Waals surface area contributed by atoms with Crippen LogP contribution in [0.15, 0.2) is 22.2 Å². The first kappa shape index (κ1) is 29.1. The highest BCUT2D eigenvalue weighted by molar-refractivity contribution is 9.10. The molecule has 3 aromatic rings. The number of thiophene rings is 1. The Balaban J connectivity index is 1.14. The molecule has 0 aliphatic carbocycles. The average molecular weight is 617 g/mol. The molecule has 14 heteroatoms. The molecular formula is C24H34BrN5O7S. The Bertz CT molecular complexity index is 1160. The van der Waals surface area contributed by atoms with Crippen molar-refractivity contribution in [2.45, 2.75) is 82.4 Å². The van der Waals surface area contributed by atoms with E-state index in [1.165, 1.54) is 0 Å². The minimum absolute atomic E-state index is 0.146. The van der Waals surface area contributed by atoms with E-state index < -0.39 is 37.3 Å². The van der Waals surface area contributed by atoms with Crippen molar-refractivity contribution in [3.05, 3.63) is 27.1 Å². The highest BCUT2D eigenvalue weighted by Crippen LogP contribution is 2.26. The molecule has 3 aromatic heterocycles. The van der Waals surface area contributed by atoms with Crippen LogP contribution in [0.4, 0.5) is 5.95 Å². The third-order valence-electron chi connectivity index (χ3n) is 6.35. The number of nitrogens with two attached hydrogens (primary N) is 1. The number of nitrogens with zero attached hydrogens (tertiary/aromatic N) is 4. The predicted octanol–water partition coefficient (Wildman–Crippen LogP) is 1.97. The van der Waals surface area contributed by atoms with E-state index in [1.807, 2.05) is 16.0 Å². The zero-order valence-corrected chi connectivity index (χ0v) is 23.3. The minimum Gasteiger partial charge on any atom is -0.470 e. The van der Waals surface area contributed by atoms with E-state index in [9.17, 15) is 20.4 Å². The lowest BCUT2D eigenvalue weighted by Gasteiger charge is -2.39. The first-order chi connectivity index (χ1) is 18.4. The number of aliphatic hydroxyl groups excluding tert-OH is 4. The summed E-state index contributed by atoms with van der Waals surface area (Å²) in [6, 6.07) is 2.00. The lowest BCUT2D eigenvalue weighted by atomic mass is 9.99. The molecule has 0 radical (unpaired) electrons. The van der Waals surface area contributed by atoms with E-state index >= 15 is 0 Å². The Morgan fingerprint density at radius 2 is 1.82 bits per heavy atom. The van der Waals surface area contributed by atoms with Crippen molar-refractivity contribution in [1.29, 1.82) is 0 Å². The molecule has 0 aromatic carbocycles. The molecule has 5 atom stereocenters. The molecule has 0 unspecified atom stereocenters. The van der Waals surface area contributed by atoms with Crippen molar-refractivity contribution < 1.29 is 34.6 Å². The van der Waals surface area contributed by atoms with Crippen molar-refractivity contribution in [3.63, 3.8) is 0 Å². The molecule has 38 heavy (non-hydrogen) atoms. The molecule has 4 heterocycles. The van der Waals surface area contributed by atoms with Crippen molar-refractivity contribution in [1.82, 2.24) is 19.5 Å². The number of ether oxygens (including phenoxy) is 3. The smallest absolute Gasteiger partial charge is 0.247 e. The van der Waals surface area contributed by atoms with Gasteiger partial charge in [-0.05, 0) is 34.8 Å². The summed E-state index contributed by atoms with van der Waals surface area (Å²) in [5, 5.41) is 40.9. The van der Waals surface area contributed by atoms with Crippen LogP contribution < -0.4 is 10.5 Å². The van der Waals surface area contributed by atoms with Crippen LogP contribution in [-0.2, 0) is 22.6 Å². The summed E-state index contributed by atoms with van der Waals surface area (Å²) in [7, 11) is 0. The summed E-state index contributed by atoms with van der Waals surface area (Å²) in [6.45, 7) is 1.01. The van der Waals surface area contributed by atoms with Gasteiger partial charge in [0.15, 0.2) is 17.5 Å². The second-order valence-corrected chi connectivity index (χ2v) is 11.1. The second kappa shape index (κ2) is 13.9. The van der Waals surface area contributed by atoms with Crippen LogP contribution in [0.25, 0.3) is 11.2 Å². The molecule has 0 bridgehead atoms. The second-order valence-electron chi connectivity index (χ2n) is 9.21. The van der Waals surface area contributed by atoms with Gasteiger partial charge in [-0.1, -0.05) is 25.7 Å². The maximum Gasteiger partial charge on any atom is 0.247 e. The number of halogens is 1. The Kier molecular flexibility index (Phi) is 10.7. The van der Waals surface area contributed by atoms with Crippen molar-refractivity contribution >= 4 is 44.4 Å². The number of nitrogen functional groups attached to an aromatic ring is 1. The topological polar surface area (TPSA) is 178 Å². The molecule has 12 nitrogen and oxygen atoms in total. The van der Waals surface area contributed by atoms with Gasteiger partial charge in [-0.15, -0.1) is 11.3 Å². The number of hydrogen-bond donors (Lipinski definition) is 5. The van der Waals surface area contributed by atoms with Gasteiger partial charge in [0.1, 0.15) is 31.0 Å². The molecule has 6 N–H and O–H groups in total. The Morgan fingerprint density at radius 3 is 2.55 bits per heavy atom. The zero-order valence-electron chi connectivity index (χ0n) is 20.9. The molecule has 0 saturated carbocycles. The number of aryl methyl sites for hydroxylation is 1. The lowest BCUT2D eigenvalue weighted by Crippen LogP contribution is -2.59. The van der Waals surface area contributed by atoms with Crippen LogP contribution in [0.3, 0.4) is 0 Å². The molecule has 0 spiro atoms. The lowest BCUT2D eigenvalue weighted by molar-refractivity contribution is -0.301. The molecule has 4 rings (SSSR count). The normalized spacial score (nSPS) is 23.8. The SMILES string of the molecule is Nc1nc(OCc2cc(Br)cs2)c2ncn(CCCCCCCCO[C@@H]3O[C@H](CO)[C@@H](O)[C@@H](O)[C@@H]3O)c2n1. The number of aliphatic hydroxyl groups is 4. The predicted molar refractivity (Wildman–Crippen MR) is 144 cm³/mol. The summed E-state index contributed by atoms with van der Waals surface area (Å²) in [5.41, 5.74) is 7.18. The van der Waals surface area contributed by atoms with Gasteiger partial charge in [-0.3, -0.25) is 0 Å². The van der Waals surface area contributed by atoms with Crippen molar-refractivity contribution in [2.75, 3.05) is 18.9 Å². The maximum absolute atomic E-state index is 10.00. The molecule has 0 amide bonds. The fourth-order valence-electron chi connectivity index (χ4n) is 4.26. The highest BCUT2D eigenvalue weighted by Gasteiger charge is 2.43. The quantitative estimate of drug-likeness (QED) is 0.167. The van der Waals surface area contributed by atoms with E-state index in [0.29, 0.717) is 30.3 Å². The minimum atomic E-state index is -1.42. The number of aromatic nitrogens is 4. The molecule has 210 valence electrons. The standard InChI is InChI=1S/C24H34BrN5O7S/c25-14-9-15(38-12-14)11-36-22-17-21(28-24(26)29-22)30(13-27-17)7-5-3-1-2-4-6-8-35-23-20(34)19(33)18(32)16(10-31)37-23/h9,12-13,16,18-20,23,31-34H,1-8,10-11H2,(H2,26,28,29)/t16-,18-,19-,20+,23-/m1/s1. The summed E-state index contributed by atoms with van der Waals surface area (Å²) in [6.07, 6.45) is 1.31. The van der Waals surface area contributed by atoms with Gasteiger partial charge in [-0.2, -0.15) is 9.97 Å². The van der Waals surface area contributed by atoms with E-state index in [2.05, 4.69) is 30.9 Å². The number of imidazole rings is 1. The fraction of sp³-hybridized carbons (Fsp3) is 0.625. The van der Waals surface area contributed by atoms with Crippen LogP contribution in [0.5, 0.6) is 5.88 Å². The van der Waals surface area contributed by atoms with E-state index in [4.69, 9.17) is 19.9 Å². The molecular weight excluding hydrogens is 582 g/mol. The van der Waals surface area contributed by atoms with Crippen LogP contribution >= 0.6 is 27.3 Å². The Hall–Kier alpha value is -1.91.